The van der Waals surface area contributed by atoms with Crippen LogP contribution in [0.2, 0.25) is 0 Å². The number of carbonyl (C=O) groups is 2. The van der Waals surface area contributed by atoms with Gasteiger partial charge in [0, 0.05) is 5.70 Å². The molecule has 0 unspecified atom stereocenters. The minimum atomic E-state index is -0.569. The summed E-state index contributed by atoms with van der Waals surface area (Å²) in [6, 6.07) is 16.5. The smallest absolute Gasteiger partial charge is 0.338 e. The Hall–Kier alpha value is -3.28. The second kappa shape index (κ2) is 9.90. The first-order chi connectivity index (χ1) is 15.5. The van der Waals surface area contributed by atoms with Crippen LogP contribution in [0.4, 0.5) is 4.79 Å². The molecule has 0 saturated heterocycles. The quantitative estimate of drug-likeness (QED) is 0.626. The highest BCUT2D eigenvalue weighted by atomic mass is 16.5. The van der Waals surface area contributed by atoms with Gasteiger partial charge in [0.05, 0.1) is 11.6 Å². The first kappa shape index (κ1) is 21.9. The summed E-state index contributed by atoms with van der Waals surface area (Å²) in [4.78, 5) is 25.3. The predicted octanol–water partition coefficient (Wildman–Crippen LogP) is 5.02. The van der Waals surface area contributed by atoms with Crippen molar-refractivity contribution < 1.29 is 19.1 Å². The molecule has 6 nitrogen and oxygen atoms in total. The number of nitrogens with one attached hydrogen (secondary N) is 2. The summed E-state index contributed by atoms with van der Waals surface area (Å²) in [5.41, 5.74) is 2.86. The van der Waals surface area contributed by atoms with Crippen LogP contribution in [-0.4, -0.2) is 18.1 Å². The van der Waals surface area contributed by atoms with E-state index in [1.54, 1.807) is 6.92 Å². The van der Waals surface area contributed by atoms with Gasteiger partial charge in [-0.3, -0.25) is 0 Å². The van der Waals surface area contributed by atoms with Gasteiger partial charge in [0.2, 0.25) is 0 Å². The third-order valence-corrected chi connectivity index (χ3v) is 6.11. The molecular weight excluding hydrogens is 404 g/mol. The van der Waals surface area contributed by atoms with Gasteiger partial charge in [0.1, 0.15) is 18.5 Å². The highest BCUT2D eigenvalue weighted by Gasteiger charge is 2.34. The zero-order chi connectivity index (χ0) is 22.5. The highest BCUT2D eigenvalue weighted by molar-refractivity contribution is 5.95. The average Bonchev–Trinajstić information content (AvgIpc) is 2.78. The van der Waals surface area contributed by atoms with Crippen LogP contribution >= 0.6 is 0 Å². The van der Waals surface area contributed by atoms with Gasteiger partial charge in [-0.05, 0) is 55.4 Å². The number of urea groups is 1. The van der Waals surface area contributed by atoms with Crippen LogP contribution in [-0.2, 0) is 16.1 Å². The van der Waals surface area contributed by atoms with Gasteiger partial charge in [-0.2, -0.15) is 0 Å². The second-order valence-corrected chi connectivity index (χ2v) is 8.71. The van der Waals surface area contributed by atoms with Crippen LogP contribution in [0, 0.1) is 5.92 Å². The van der Waals surface area contributed by atoms with Crippen LogP contribution in [0.1, 0.15) is 56.7 Å². The SMILES string of the molecule is CC1=C(C(=O)O[C@@H]2CCC[C@@H](C)C2)[C@@H](c2ccc(OCc3ccccc3)cc2)NC(=O)N1. The summed E-state index contributed by atoms with van der Waals surface area (Å²) in [5, 5.41) is 5.58. The van der Waals surface area contributed by atoms with E-state index in [0.29, 0.717) is 23.8 Å². The van der Waals surface area contributed by atoms with E-state index >= 15 is 0 Å². The van der Waals surface area contributed by atoms with Crippen molar-refractivity contribution in [3.05, 3.63) is 77.0 Å². The number of hydrogen-bond acceptors (Lipinski definition) is 4. The number of allylic oxidation sites excluding steroid dienone is 1. The predicted molar refractivity (Wildman–Crippen MR) is 122 cm³/mol. The molecule has 2 N–H and O–H groups in total. The van der Waals surface area contributed by atoms with Crippen LogP contribution in [0.5, 0.6) is 5.75 Å². The number of rotatable bonds is 6. The molecular formula is C26H30N2O4. The van der Waals surface area contributed by atoms with E-state index in [9.17, 15) is 9.59 Å². The Labute approximate surface area is 189 Å². The Morgan fingerprint density at radius 3 is 2.53 bits per heavy atom. The van der Waals surface area contributed by atoms with Gasteiger partial charge >= 0.3 is 12.0 Å². The lowest BCUT2D eigenvalue weighted by molar-refractivity contribution is -0.146. The van der Waals surface area contributed by atoms with Crippen molar-refractivity contribution in [3.8, 4) is 5.75 Å². The summed E-state index contributed by atoms with van der Waals surface area (Å²) in [6.45, 7) is 4.40. The molecule has 1 aliphatic heterocycles. The molecule has 2 aromatic rings. The van der Waals surface area contributed by atoms with Crippen LogP contribution in [0.25, 0.3) is 0 Å². The number of esters is 1. The summed E-state index contributed by atoms with van der Waals surface area (Å²) in [7, 11) is 0. The van der Waals surface area contributed by atoms with Crippen LogP contribution in [0.15, 0.2) is 65.9 Å². The number of benzene rings is 2. The maximum absolute atomic E-state index is 13.1. The lowest BCUT2D eigenvalue weighted by atomic mass is 9.88. The van der Waals surface area contributed by atoms with Gasteiger partial charge in [0.15, 0.2) is 0 Å². The number of carbonyl (C=O) groups excluding carboxylic acids is 2. The zero-order valence-corrected chi connectivity index (χ0v) is 18.6. The topological polar surface area (TPSA) is 76.7 Å². The monoisotopic (exact) mass is 434 g/mol. The molecule has 2 aliphatic rings. The number of hydrogen-bond donors (Lipinski definition) is 2. The first-order valence-electron chi connectivity index (χ1n) is 11.3. The fraction of sp³-hybridized carbons (Fsp3) is 0.385. The number of amides is 2. The van der Waals surface area contributed by atoms with Crippen molar-refractivity contribution in [3.63, 3.8) is 0 Å². The van der Waals surface area contributed by atoms with Gasteiger partial charge in [0.25, 0.3) is 0 Å². The molecule has 1 saturated carbocycles. The molecule has 1 aliphatic carbocycles. The molecule has 1 heterocycles. The third kappa shape index (κ3) is 5.31. The molecule has 0 spiro atoms. The molecule has 4 rings (SSSR count). The fourth-order valence-electron chi connectivity index (χ4n) is 4.41. The largest absolute Gasteiger partial charge is 0.489 e. The second-order valence-electron chi connectivity index (χ2n) is 8.71. The minimum absolute atomic E-state index is 0.0707. The van der Waals surface area contributed by atoms with Crippen LogP contribution < -0.4 is 15.4 Å². The average molecular weight is 435 g/mol. The Morgan fingerprint density at radius 2 is 1.81 bits per heavy atom. The molecule has 0 aromatic heterocycles. The van der Waals surface area contributed by atoms with Crippen LogP contribution in [0.3, 0.4) is 0 Å². The van der Waals surface area contributed by atoms with E-state index in [-0.39, 0.29) is 18.1 Å². The molecule has 1 fully saturated rings. The molecule has 168 valence electrons. The summed E-state index contributed by atoms with van der Waals surface area (Å²) < 4.78 is 11.7. The van der Waals surface area contributed by atoms with Crippen molar-refractivity contribution in [2.75, 3.05) is 0 Å². The molecule has 2 aromatic carbocycles. The van der Waals surface area contributed by atoms with E-state index < -0.39 is 6.04 Å². The summed E-state index contributed by atoms with van der Waals surface area (Å²) >= 11 is 0. The lowest BCUT2D eigenvalue weighted by Crippen LogP contribution is -2.45. The summed E-state index contributed by atoms with van der Waals surface area (Å²) in [6.07, 6.45) is 3.95. The highest BCUT2D eigenvalue weighted by Crippen LogP contribution is 2.31. The molecule has 0 bridgehead atoms. The Balaban J connectivity index is 1.48. The van der Waals surface area contributed by atoms with Crippen molar-refractivity contribution in [2.45, 2.75) is 58.3 Å². The van der Waals surface area contributed by atoms with Gasteiger partial charge in [-0.25, -0.2) is 9.59 Å². The van der Waals surface area contributed by atoms with E-state index in [0.717, 1.165) is 36.1 Å². The molecule has 3 atom stereocenters. The standard InChI is InChI=1S/C26H30N2O4/c1-17-7-6-10-22(15-17)32-25(29)23-18(2)27-26(30)28-24(23)20-11-13-21(14-12-20)31-16-19-8-4-3-5-9-19/h3-5,8-9,11-14,17,22,24H,6-7,10,15-16H2,1-2H3,(H2,27,28,30)/t17-,22-,24-/m1/s1. The molecule has 2 amide bonds. The van der Waals surface area contributed by atoms with Crippen molar-refractivity contribution in [1.29, 1.82) is 0 Å². The normalized spacial score (nSPS) is 23.2. The van der Waals surface area contributed by atoms with Gasteiger partial charge in [-0.1, -0.05) is 55.8 Å². The zero-order valence-electron chi connectivity index (χ0n) is 18.6. The lowest BCUT2D eigenvalue weighted by Gasteiger charge is -2.31. The van der Waals surface area contributed by atoms with Crippen molar-refractivity contribution in [1.82, 2.24) is 10.6 Å². The maximum atomic E-state index is 13.1. The first-order valence-corrected chi connectivity index (χ1v) is 11.3. The summed E-state index contributed by atoms with van der Waals surface area (Å²) in [5.74, 6) is 0.905. The van der Waals surface area contributed by atoms with E-state index in [1.807, 2.05) is 54.6 Å². The minimum Gasteiger partial charge on any atom is -0.489 e. The molecule has 6 heteroatoms. The fourth-order valence-corrected chi connectivity index (χ4v) is 4.41. The van der Waals surface area contributed by atoms with E-state index in [2.05, 4.69) is 17.6 Å². The number of ether oxygens (including phenoxy) is 2. The van der Waals surface area contributed by atoms with Crippen molar-refractivity contribution in [2.24, 2.45) is 5.92 Å². The van der Waals surface area contributed by atoms with E-state index in [4.69, 9.17) is 9.47 Å². The van der Waals surface area contributed by atoms with Gasteiger partial charge < -0.3 is 20.1 Å². The third-order valence-electron chi connectivity index (χ3n) is 6.11. The Bertz CT molecular complexity index is 985. The Morgan fingerprint density at radius 1 is 1.06 bits per heavy atom. The Kier molecular flexibility index (Phi) is 6.78. The van der Waals surface area contributed by atoms with E-state index in [1.165, 1.54) is 6.42 Å². The molecule has 0 radical (unpaired) electrons. The molecule has 32 heavy (non-hydrogen) atoms. The maximum Gasteiger partial charge on any atom is 0.338 e. The van der Waals surface area contributed by atoms with Crippen molar-refractivity contribution >= 4 is 12.0 Å². The van der Waals surface area contributed by atoms with Gasteiger partial charge in [-0.15, -0.1) is 0 Å².